The average molecular weight is 289 g/mol. The first kappa shape index (κ1) is 16.0. The van der Waals surface area contributed by atoms with Crippen LogP contribution >= 0.6 is 0 Å². The average Bonchev–Trinajstić information content (AvgIpc) is 2.27. The van der Waals surface area contributed by atoms with Gasteiger partial charge in [-0.25, -0.2) is 17.5 Å². The minimum Gasteiger partial charge on any atom is -0.329 e. The van der Waals surface area contributed by atoms with Crippen LogP contribution in [0.2, 0.25) is 0 Å². The molecule has 0 aromatic carbocycles. The van der Waals surface area contributed by atoms with Gasteiger partial charge in [-0.2, -0.15) is 0 Å². The number of pyridine rings is 1. The van der Waals surface area contributed by atoms with Gasteiger partial charge >= 0.3 is 0 Å². The first-order valence-corrected chi connectivity index (χ1v) is 7.51. The quantitative estimate of drug-likeness (QED) is 0.825. The van der Waals surface area contributed by atoms with Crippen molar-refractivity contribution in [3.63, 3.8) is 0 Å². The van der Waals surface area contributed by atoms with Crippen LogP contribution in [0.5, 0.6) is 0 Å². The van der Waals surface area contributed by atoms with Gasteiger partial charge in [0.05, 0.1) is 6.20 Å². The molecule has 0 spiro atoms. The highest BCUT2D eigenvalue weighted by Crippen LogP contribution is 2.19. The van der Waals surface area contributed by atoms with Gasteiger partial charge in [-0.05, 0) is 25.3 Å². The van der Waals surface area contributed by atoms with Crippen LogP contribution in [0, 0.1) is 11.7 Å². The van der Waals surface area contributed by atoms with Crippen LogP contribution in [-0.2, 0) is 10.0 Å². The molecule has 1 atom stereocenters. The lowest BCUT2D eigenvalue weighted by atomic mass is 9.92. The summed E-state index contributed by atoms with van der Waals surface area (Å²) in [6, 6.07) is 0.932. The molecule has 0 aliphatic carbocycles. The molecule has 0 saturated carbocycles. The third-order valence-corrected chi connectivity index (χ3v) is 4.29. The molecule has 7 heteroatoms. The maximum Gasteiger partial charge on any atom is 0.242 e. The smallest absolute Gasteiger partial charge is 0.242 e. The summed E-state index contributed by atoms with van der Waals surface area (Å²) < 4.78 is 39.9. The fourth-order valence-corrected chi connectivity index (χ4v) is 3.39. The zero-order valence-corrected chi connectivity index (χ0v) is 12.2. The Labute approximate surface area is 113 Å². The highest BCUT2D eigenvalue weighted by molar-refractivity contribution is 7.89. The molecule has 0 aliphatic heterocycles. The number of rotatable bonds is 6. The molecular formula is C12H20FN3O2S. The van der Waals surface area contributed by atoms with Crippen molar-refractivity contribution in [2.45, 2.75) is 37.6 Å². The Hall–Kier alpha value is -1.05. The Morgan fingerprint density at radius 1 is 1.47 bits per heavy atom. The van der Waals surface area contributed by atoms with E-state index in [0.29, 0.717) is 6.42 Å². The summed E-state index contributed by atoms with van der Waals surface area (Å²) in [5.41, 5.74) is 4.89. The number of aromatic nitrogens is 1. The third kappa shape index (κ3) is 4.52. The van der Waals surface area contributed by atoms with Crippen LogP contribution in [0.1, 0.15) is 27.2 Å². The summed E-state index contributed by atoms with van der Waals surface area (Å²) in [5.74, 6) is -0.414. The van der Waals surface area contributed by atoms with Gasteiger partial charge in [0, 0.05) is 18.3 Å². The van der Waals surface area contributed by atoms with Gasteiger partial charge in [-0.3, -0.25) is 4.98 Å². The first-order chi connectivity index (χ1) is 8.68. The lowest BCUT2D eigenvalue weighted by Crippen LogP contribution is -2.52. The second kappa shape index (κ2) is 5.94. The van der Waals surface area contributed by atoms with E-state index in [4.69, 9.17) is 5.73 Å². The van der Waals surface area contributed by atoms with Gasteiger partial charge < -0.3 is 5.73 Å². The lowest BCUT2D eigenvalue weighted by Gasteiger charge is -2.30. The number of nitrogens with two attached hydrogens (primary N) is 1. The number of hydrogen-bond donors (Lipinski definition) is 2. The summed E-state index contributed by atoms with van der Waals surface area (Å²) in [6.45, 7) is 5.85. The minimum absolute atomic E-state index is 0.160. The molecule has 0 fully saturated rings. The third-order valence-electron chi connectivity index (χ3n) is 2.68. The van der Waals surface area contributed by atoms with Crippen molar-refractivity contribution in [2.24, 2.45) is 11.7 Å². The van der Waals surface area contributed by atoms with Crippen molar-refractivity contribution < 1.29 is 12.8 Å². The Bertz CT molecular complexity index is 534. The number of nitrogens with zero attached hydrogens (tertiary/aromatic N) is 1. The van der Waals surface area contributed by atoms with Crippen molar-refractivity contribution >= 4 is 10.0 Å². The number of hydrogen-bond acceptors (Lipinski definition) is 4. The van der Waals surface area contributed by atoms with Crippen LogP contribution in [0.15, 0.2) is 23.4 Å². The van der Waals surface area contributed by atoms with E-state index < -0.39 is 21.4 Å². The fraction of sp³-hybridized carbons (Fsp3) is 0.583. The summed E-state index contributed by atoms with van der Waals surface area (Å²) in [4.78, 5) is 3.34. The largest absolute Gasteiger partial charge is 0.329 e. The fourth-order valence-electron chi connectivity index (χ4n) is 1.99. The second-order valence-corrected chi connectivity index (χ2v) is 6.99. The molecule has 0 bridgehead atoms. The molecule has 1 rings (SSSR count). The Morgan fingerprint density at radius 2 is 2.11 bits per heavy atom. The highest BCUT2D eigenvalue weighted by atomic mass is 32.2. The molecule has 1 aromatic rings. The van der Waals surface area contributed by atoms with Crippen molar-refractivity contribution in [1.82, 2.24) is 9.71 Å². The molecule has 1 aromatic heterocycles. The normalized spacial score (nSPS) is 15.5. The van der Waals surface area contributed by atoms with Crippen LogP contribution in [-0.4, -0.2) is 25.5 Å². The summed E-state index contributed by atoms with van der Waals surface area (Å²) in [6.07, 6.45) is 2.65. The SMILES string of the molecule is CC(C)CC(C)(CN)NS(=O)(=O)c1cncc(F)c1. The van der Waals surface area contributed by atoms with E-state index in [2.05, 4.69) is 9.71 Å². The van der Waals surface area contributed by atoms with E-state index >= 15 is 0 Å². The molecule has 19 heavy (non-hydrogen) atoms. The second-order valence-electron chi connectivity index (χ2n) is 5.31. The van der Waals surface area contributed by atoms with E-state index in [1.165, 1.54) is 0 Å². The maximum atomic E-state index is 13.0. The first-order valence-electron chi connectivity index (χ1n) is 6.03. The molecule has 3 N–H and O–H groups in total. The minimum atomic E-state index is -3.83. The molecule has 0 saturated heterocycles. The van der Waals surface area contributed by atoms with Gasteiger partial charge in [0.2, 0.25) is 10.0 Å². The molecule has 5 nitrogen and oxygen atoms in total. The van der Waals surface area contributed by atoms with E-state index in [9.17, 15) is 12.8 Å². The van der Waals surface area contributed by atoms with Gasteiger partial charge in [-0.1, -0.05) is 13.8 Å². The van der Waals surface area contributed by atoms with Gasteiger partial charge in [-0.15, -0.1) is 0 Å². The summed E-state index contributed by atoms with van der Waals surface area (Å²) in [5, 5.41) is 0. The molecule has 108 valence electrons. The predicted octanol–water partition coefficient (Wildman–Crippen LogP) is 1.26. The molecule has 0 aliphatic rings. The van der Waals surface area contributed by atoms with Crippen molar-refractivity contribution in [3.05, 3.63) is 24.3 Å². The Balaban J connectivity index is 3.01. The topological polar surface area (TPSA) is 85.1 Å². The summed E-state index contributed by atoms with van der Waals surface area (Å²) >= 11 is 0. The van der Waals surface area contributed by atoms with Crippen molar-refractivity contribution in [3.8, 4) is 0 Å². The Kier molecular flexibility index (Phi) is 5.00. The van der Waals surface area contributed by atoms with Gasteiger partial charge in [0.15, 0.2) is 0 Å². The van der Waals surface area contributed by atoms with Gasteiger partial charge in [0.1, 0.15) is 10.7 Å². The molecule has 0 radical (unpaired) electrons. The number of nitrogens with one attached hydrogen (secondary N) is 1. The zero-order chi connectivity index (χ0) is 14.7. The van der Waals surface area contributed by atoms with E-state index in [1.54, 1.807) is 6.92 Å². The summed E-state index contributed by atoms with van der Waals surface area (Å²) in [7, 11) is -3.83. The van der Waals surface area contributed by atoms with Crippen molar-refractivity contribution in [2.75, 3.05) is 6.54 Å². The van der Waals surface area contributed by atoms with Crippen LogP contribution in [0.25, 0.3) is 0 Å². The highest BCUT2D eigenvalue weighted by Gasteiger charge is 2.30. The van der Waals surface area contributed by atoms with Crippen molar-refractivity contribution in [1.29, 1.82) is 0 Å². The van der Waals surface area contributed by atoms with Gasteiger partial charge in [0.25, 0.3) is 0 Å². The van der Waals surface area contributed by atoms with Crippen LogP contribution < -0.4 is 10.5 Å². The standard InChI is InChI=1S/C12H20FN3O2S/c1-9(2)5-12(3,8-14)16-19(17,18)11-4-10(13)6-15-7-11/h4,6-7,9,16H,5,8,14H2,1-3H3. The van der Waals surface area contributed by atoms with E-state index in [0.717, 1.165) is 18.5 Å². The monoisotopic (exact) mass is 289 g/mol. The number of halogens is 1. The zero-order valence-electron chi connectivity index (χ0n) is 11.4. The number of sulfonamides is 1. The molecular weight excluding hydrogens is 269 g/mol. The van der Waals surface area contributed by atoms with E-state index in [1.807, 2.05) is 13.8 Å². The Morgan fingerprint density at radius 3 is 2.58 bits per heavy atom. The predicted molar refractivity (Wildman–Crippen MR) is 71.4 cm³/mol. The molecule has 1 unspecified atom stereocenters. The van der Waals surface area contributed by atoms with E-state index in [-0.39, 0.29) is 17.4 Å². The molecule has 0 amide bonds. The van der Waals surface area contributed by atoms with Crippen LogP contribution in [0.4, 0.5) is 4.39 Å². The maximum absolute atomic E-state index is 13.0. The lowest BCUT2D eigenvalue weighted by molar-refractivity contribution is 0.344. The molecule has 1 heterocycles. The van der Waals surface area contributed by atoms with Crippen LogP contribution in [0.3, 0.4) is 0 Å².